The topological polar surface area (TPSA) is 95.7 Å². The number of anilines is 1. The predicted octanol–water partition coefficient (Wildman–Crippen LogP) is 2.38. The van der Waals surface area contributed by atoms with Crippen LogP contribution in [-0.2, 0) is 11.2 Å². The van der Waals surface area contributed by atoms with Gasteiger partial charge in [0.25, 0.3) is 5.91 Å². The Labute approximate surface area is 147 Å². The van der Waals surface area contributed by atoms with E-state index >= 15 is 0 Å². The summed E-state index contributed by atoms with van der Waals surface area (Å²) in [4.78, 5) is 23.5. The first-order valence-electron chi connectivity index (χ1n) is 6.85. The molecule has 2 aromatic carbocycles. The third kappa shape index (κ3) is 4.93. The molecular weight excluding hydrogens is 409 g/mol. The van der Waals surface area contributed by atoms with Crippen molar-refractivity contribution in [2.45, 2.75) is 12.5 Å². The molecule has 0 aliphatic carbocycles. The van der Waals surface area contributed by atoms with E-state index in [9.17, 15) is 9.59 Å². The van der Waals surface area contributed by atoms with Crippen LogP contribution in [0.3, 0.4) is 0 Å². The van der Waals surface area contributed by atoms with Crippen LogP contribution in [0.15, 0.2) is 54.6 Å². The number of halogens is 1. The number of nitrogens with zero attached hydrogens (tertiary/aromatic N) is 1. The number of hydrazine groups is 1. The highest BCUT2D eigenvalue weighted by Crippen LogP contribution is 2.15. The summed E-state index contributed by atoms with van der Waals surface area (Å²) in [6.07, 6.45) is -1.04. The van der Waals surface area contributed by atoms with E-state index in [2.05, 4.69) is 27.9 Å². The molecule has 2 amide bonds. The number of nitrogens with one attached hydrogen (secondary N) is 1. The molecule has 7 heteroatoms. The molecule has 4 N–H and O–H groups in total. The van der Waals surface area contributed by atoms with Crippen molar-refractivity contribution >= 4 is 40.3 Å². The minimum atomic E-state index is -1.27. The lowest BCUT2D eigenvalue weighted by atomic mass is 10.1. The summed E-state index contributed by atoms with van der Waals surface area (Å²) in [5.74, 6) is 5.35. The van der Waals surface area contributed by atoms with E-state index in [0.717, 1.165) is 14.1 Å². The van der Waals surface area contributed by atoms with Gasteiger partial charge in [-0.3, -0.25) is 4.79 Å². The van der Waals surface area contributed by atoms with Gasteiger partial charge in [-0.1, -0.05) is 30.3 Å². The Kier molecular flexibility index (Phi) is 5.94. The average Bonchev–Trinajstić information content (AvgIpc) is 2.54. The van der Waals surface area contributed by atoms with Gasteiger partial charge in [0, 0.05) is 9.99 Å². The number of hydrogen-bond donors (Lipinski definition) is 3. The summed E-state index contributed by atoms with van der Waals surface area (Å²) < 4.78 is 1.01. The maximum Gasteiger partial charge on any atom is 0.405 e. The summed E-state index contributed by atoms with van der Waals surface area (Å²) in [7, 11) is 0. The van der Waals surface area contributed by atoms with Gasteiger partial charge in [-0.05, 0) is 52.4 Å². The summed E-state index contributed by atoms with van der Waals surface area (Å²) in [6, 6.07) is 15.3. The van der Waals surface area contributed by atoms with Crippen molar-refractivity contribution in [2.75, 3.05) is 5.01 Å². The van der Waals surface area contributed by atoms with Crippen molar-refractivity contribution in [2.24, 2.45) is 5.84 Å². The van der Waals surface area contributed by atoms with E-state index in [1.807, 2.05) is 42.5 Å². The van der Waals surface area contributed by atoms with Crippen LogP contribution >= 0.6 is 22.6 Å². The van der Waals surface area contributed by atoms with Crippen LogP contribution in [-0.4, -0.2) is 23.1 Å². The van der Waals surface area contributed by atoms with Gasteiger partial charge in [-0.25, -0.2) is 15.6 Å². The van der Waals surface area contributed by atoms with E-state index in [1.165, 1.54) is 0 Å². The first-order chi connectivity index (χ1) is 11.0. The molecule has 0 unspecified atom stereocenters. The molecule has 0 aliphatic rings. The second-order valence-corrected chi connectivity index (χ2v) is 6.12. The van der Waals surface area contributed by atoms with Gasteiger partial charge in [0.15, 0.2) is 0 Å². The third-order valence-corrected chi connectivity index (χ3v) is 3.94. The normalized spacial score (nSPS) is 11.6. The number of nitrogens with two attached hydrogens (primary N) is 1. The summed E-state index contributed by atoms with van der Waals surface area (Å²) >= 11 is 2.15. The Morgan fingerprint density at radius 2 is 1.74 bits per heavy atom. The second kappa shape index (κ2) is 7.93. The monoisotopic (exact) mass is 425 g/mol. The third-order valence-electron chi connectivity index (χ3n) is 3.22. The van der Waals surface area contributed by atoms with E-state index in [-0.39, 0.29) is 6.42 Å². The van der Waals surface area contributed by atoms with Crippen molar-refractivity contribution in [1.29, 1.82) is 0 Å². The SMILES string of the molecule is NN(C(=O)[C@H](Cc1ccccc1)NC(=O)O)c1ccc(I)cc1. The molecule has 0 fully saturated rings. The van der Waals surface area contributed by atoms with Crippen molar-refractivity contribution in [1.82, 2.24) is 5.32 Å². The predicted molar refractivity (Wildman–Crippen MR) is 95.9 cm³/mol. The van der Waals surface area contributed by atoms with Crippen LogP contribution in [0.1, 0.15) is 5.56 Å². The first kappa shape index (κ1) is 17.2. The number of amides is 2. The summed E-state index contributed by atoms with van der Waals surface area (Å²) in [6.45, 7) is 0. The molecule has 0 spiro atoms. The van der Waals surface area contributed by atoms with Crippen LogP contribution in [0.4, 0.5) is 10.5 Å². The fourth-order valence-corrected chi connectivity index (χ4v) is 2.46. The van der Waals surface area contributed by atoms with E-state index in [1.54, 1.807) is 12.1 Å². The molecule has 0 aromatic heterocycles. The molecule has 1 atom stereocenters. The molecule has 6 nitrogen and oxygen atoms in total. The highest BCUT2D eigenvalue weighted by atomic mass is 127. The average molecular weight is 425 g/mol. The molecule has 120 valence electrons. The molecule has 2 aromatic rings. The van der Waals surface area contributed by atoms with E-state index in [4.69, 9.17) is 10.9 Å². The molecule has 0 saturated heterocycles. The molecule has 0 aliphatic heterocycles. The van der Waals surface area contributed by atoms with E-state index < -0.39 is 18.0 Å². The van der Waals surface area contributed by atoms with Crippen LogP contribution in [0.25, 0.3) is 0 Å². The van der Waals surface area contributed by atoms with Crippen LogP contribution in [0.5, 0.6) is 0 Å². The number of carbonyl (C=O) groups is 2. The summed E-state index contributed by atoms with van der Waals surface area (Å²) in [5, 5.41) is 12.2. The zero-order chi connectivity index (χ0) is 16.8. The van der Waals surface area contributed by atoms with Gasteiger partial charge < -0.3 is 10.4 Å². The van der Waals surface area contributed by atoms with E-state index in [0.29, 0.717) is 5.69 Å². The number of carbonyl (C=O) groups excluding carboxylic acids is 1. The molecule has 0 bridgehead atoms. The summed E-state index contributed by atoms with van der Waals surface area (Å²) in [5.41, 5.74) is 1.34. The first-order valence-corrected chi connectivity index (χ1v) is 7.93. The maximum absolute atomic E-state index is 12.5. The van der Waals surface area contributed by atoms with Crippen molar-refractivity contribution in [3.8, 4) is 0 Å². The van der Waals surface area contributed by atoms with Crippen molar-refractivity contribution in [3.63, 3.8) is 0 Å². The zero-order valence-electron chi connectivity index (χ0n) is 12.1. The number of benzene rings is 2. The number of rotatable bonds is 5. The van der Waals surface area contributed by atoms with Crippen LogP contribution in [0, 0.1) is 3.57 Å². The lowest BCUT2D eigenvalue weighted by Crippen LogP contribution is -2.52. The maximum atomic E-state index is 12.5. The molecule has 0 heterocycles. The Hall–Kier alpha value is -2.13. The lowest BCUT2D eigenvalue weighted by molar-refractivity contribution is -0.120. The van der Waals surface area contributed by atoms with Crippen LogP contribution in [0.2, 0.25) is 0 Å². The number of carboxylic acid groups (broad SMARTS) is 1. The lowest BCUT2D eigenvalue weighted by Gasteiger charge is -2.23. The standard InChI is InChI=1S/C16H16IN3O3/c17-12-6-8-13(9-7-12)20(18)15(21)14(19-16(22)23)10-11-4-2-1-3-5-11/h1-9,14,19H,10,18H2,(H,22,23)/t14-/m0/s1. The van der Waals surface area contributed by atoms with Gasteiger partial charge in [0.1, 0.15) is 6.04 Å². The Bertz CT molecular complexity index is 677. The molecule has 2 rings (SSSR count). The highest BCUT2D eigenvalue weighted by Gasteiger charge is 2.25. The fourth-order valence-electron chi connectivity index (χ4n) is 2.10. The van der Waals surface area contributed by atoms with Crippen molar-refractivity contribution < 1.29 is 14.7 Å². The molecular formula is C16H16IN3O3. The zero-order valence-corrected chi connectivity index (χ0v) is 14.3. The van der Waals surface area contributed by atoms with Crippen LogP contribution < -0.4 is 16.2 Å². The smallest absolute Gasteiger partial charge is 0.405 e. The highest BCUT2D eigenvalue weighted by molar-refractivity contribution is 14.1. The molecule has 0 saturated carbocycles. The largest absolute Gasteiger partial charge is 0.465 e. The Morgan fingerprint density at radius 3 is 2.30 bits per heavy atom. The fraction of sp³-hybridized carbons (Fsp3) is 0.125. The molecule has 0 radical (unpaired) electrons. The minimum Gasteiger partial charge on any atom is -0.465 e. The van der Waals surface area contributed by atoms with Gasteiger partial charge in [-0.15, -0.1) is 0 Å². The van der Waals surface area contributed by atoms with Gasteiger partial charge in [-0.2, -0.15) is 0 Å². The second-order valence-electron chi connectivity index (χ2n) is 4.88. The number of hydrogen-bond acceptors (Lipinski definition) is 3. The quantitative estimate of drug-likeness (QED) is 0.297. The molecule has 23 heavy (non-hydrogen) atoms. The Morgan fingerprint density at radius 1 is 1.13 bits per heavy atom. The Balaban J connectivity index is 2.18. The van der Waals surface area contributed by atoms with Gasteiger partial charge in [0.05, 0.1) is 5.69 Å². The van der Waals surface area contributed by atoms with Gasteiger partial charge >= 0.3 is 6.09 Å². The minimum absolute atomic E-state index is 0.226. The van der Waals surface area contributed by atoms with Gasteiger partial charge in [0.2, 0.25) is 0 Å². The van der Waals surface area contributed by atoms with Crippen molar-refractivity contribution in [3.05, 3.63) is 63.7 Å².